The highest BCUT2D eigenvalue weighted by Gasteiger charge is 2.41. The van der Waals surface area contributed by atoms with E-state index in [0.717, 1.165) is 43.2 Å². The number of carbonyl (C=O) groups is 2. The SMILES string of the molecule is O=C1CC[C@H](C[C@@H](C(=O)Cc2ncco2)c2ccc(S(=O)(=O)C3CC3)c(C3CC3)c2)C1. The predicted molar refractivity (Wildman–Crippen MR) is 114 cm³/mol. The Bertz CT molecular complexity index is 1100. The van der Waals surface area contributed by atoms with E-state index in [-0.39, 0.29) is 35.1 Å². The van der Waals surface area contributed by atoms with Gasteiger partial charge in [0.2, 0.25) is 5.89 Å². The fraction of sp³-hybridized carbons (Fsp3) is 0.542. The number of hydrogen-bond acceptors (Lipinski definition) is 6. The van der Waals surface area contributed by atoms with Gasteiger partial charge in [-0.2, -0.15) is 0 Å². The summed E-state index contributed by atoms with van der Waals surface area (Å²) in [7, 11) is -3.29. The molecule has 0 amide bonds. The van der Waals surface area contributed by atoms with Gasteiger partial charge in [0.25, 0.3) is 0 Å². The van der Waals surface area contributed by atoms with Crippen molar-refractivity contribution in [2.24, 2.45) is 5.92 Å². The summed E-state index contributed by atoms with van der Waals surface area (Å²) in [5.41, 5.74) is 1.73. The molecular formula is C24H27NO5S. The number of benzene rings is 1. The standard InChI is InChI=1S/C24H27NO5S/c26-18-5-1-15(11-18)12-20(22(27)14-24-25-9-10-30-24)17-4-8-23(21(13-17)16-2-3-16)31(28,29)19-6-7-19/h4,8-10,13,15-16,19-20H,1-3,5-7,11-12,14H2/t15-,20+/m0/s1. The second-order valence-corrected chi connectivity index (χ2v) is 11.5. The van der Waals surface area contributed by atoms with Gasteiger partial charge < -0.3 is 4.42 Å². The lowest BCUT2D eigenvalue weighted by atomic mass is 9.83. The van der Waals surface area contributed by atoms with Crippen LogP contribution in [0.3, 0.4) is 0 Å². The minimum Gasteiger partial charge on any atom is -0.449 e. The number of hydrogen-bond donors (Lipinski definition) is 0. The van der Waals surface area contributed by atoms with Crippen LogP contribution in [-0.4, -0.2) is 30.2 Å². The van der Waals surface area contributed by atoms with Crippen molar-refractivity contribution in [3.8, 4) is 0 Å². The molecule has 2 atom stereocenters. The average Bonchev–Trinajstić information content (AvgIpc) is 3.67. The van der Waals surface area contributed by atoms with Crippen molar-refractivity contribution in [1.82, 2.24) is 4.98 Å². The number of nitrogens with zero attached hydrogens (tertiary/aromatic N) is 1. The van der Waals surface area contributed by atoms with Crippen molar-refractivity contribution in [1.29, 1.82) is 0 Å². The van der Waals surface area contributed by atoms with E-state index in [0.29, 0.717) is 30.0 Å². The fourth-order valence-electron chi connectivity index (χ4n) is 4.81. The zero-order valence-electron chi connectivity index (χ0n) is 17.5. The molecule has 2 aromatic rings. The lowest BCUT2D eigenvalue weighted by Crippen LogP contribution is -2.19. The summed E-state index contributed by atoms with van der Waals surface area (Å²) < 4.78 is 31.2. The Kier molecular flexibility index (Phi) is 5.32. The smallest absolute Gasteiger partial charge is 0.201 e. The number of sulfone groups is 1. The van der Waals surface area contributed by atoms with Crippen molar-refractivity contribution in [2.75, 3.05) is 0 Å². The van der Waals surface area contributed by atoms with Crippen LogP contribution in [0.5, 0.6) is 0 Å². The van der Waals surface area contributed by atoms with Gasteiger partial charge in [-0.25, -0.2) is 13.4 Å². The highest BCUT2D eigenvalue weighted by molar-refractivity contribution is 7.92. The molecule has 3 fully saturated rings. The highest BCUT2D eigenvalue weighted by atomic mass is 32.2. The summed E-state index contributed by atoms with van der Waals surface area (Å²) in [5.74, 6) is 0.699. The molecule has 0 radical (unpaired) electrons. The predicted octanol–water partition coefficient (Wildman–Crippen LogP) is 4.14. The summed E-state index contributed by atoms with van der Waals surface area (Å²) >= 11 is 0. The summed E-state index contributed by atoms with van der Waals surface area (Å²) in [4.78, 5) is 29.6. The average molecular weight is 442 g/mol. The first-order chi connectivity index (χ1) is 14.9. The van der Waals surface area contributed by atoms with Crippen LogP contribution < -0.4 is 0 Å². The molecule has 7 heteroatoms. The van der Waals surface area contributed by atoms with Crippen molar-refractivity contribution in [3.63, 3.8) is 0 Å². The van der Waals surface area contributed by atoms with Crippen molar-refractivity contribution >= 4 is 21.4 Å². The summed E-state index contributed by atoms with van der Waals surface area (Å²) in [6, 6.07) is 5.50. The van der Waals surface area contributed by atoms with Gasteiger partial charge in [0.15, 0.2) is 9.84 Å². The van der Waals surface area contributed by atoms with Crippen LogP contribution in [0.1, 0.15) is 80.2 Å². The lowest BCUT2D eigenvalue weighted by molar-refractivity contribution is -0.121. The van der Waals surface area contributed by atoms with Crippen molar-refractivity contribution < 1.29 is 22.4 Å². The first-order valence-electron chi connectivity index (χ1n) is 11.2. The van der Waals surface area contributed by atoms with E-state index in [1.165, 1.54) is 12.5 Å². The van der Waals surface area contributed by atoms with Gasteiger partial charge in [0.05, 0.1) is 22.8 Å². The normalized spacial score (nSPS) is 22.6. The molecule has 0 bridgehead atoms. The molecular weight excluding hydrogens is 414 g/mol. The van der Waals surface area contributed by atoms with Crippen molar-refractivity contribution in [2.45, 2.75) is 79.8 Å². The quantitative estimate of drug-likeness (QED) is 0.580. The van der Waals surface area contributed by atoms with Gasteiger partial charge in [-0.3, -0.25) is 9.59 Å². The van der Waals surface area contributed by atoms with E-state index in [1.54, 1.807) is 6.07 Å². The molecule has 3 aliphatic rings. The maximum atomic E-state index is 13.3. The Hall–Kier alpha value is -2.28. The molecule has 1 heterocycles. The Labute approximate surface area is 182 Å². The molecule has 164 valence electrons. The number of carbonyl (C=O) groups excluding carboxylic acids is 2. The molecule has 0 saturated heterocycles. The second-order valence-electron chi connectivity index (χ2n) is 9.32. The zero-order valence-corrected chi connectivity index (χ0v) is 18.3. The van der Waals surface area contributed by atoms with Crippen LogP contribution in [-0.2, 0) is 25.8 Å². The largest absolute Gasteiger partial charge is 0.449 e. The third kappa shape index (κ3) is 4.38. The molecule has 0 aliphatic heterocycles. The molecule has 0 spiro atoms. The summed E-state index contributed by atoms with van der Waals surface area (Å²) in [6.07, 6.45) is 9.04. The molecule has 6 nitrogen and oxygen atoms in total. The molecule has 1 aromatic heterocycles. The van der Waals surface area contributed by atoms with Crippen LogP contribution >= 0.6 is 0 Å². The number of Topliss-reactive ketones (excluding diaryl/α,β-unsaturated/α-hetero) is 2. The molecule has 31 heavy (non-hydrogen) atoms. The number of rotatable bonds is 9. The van der Waals surface area contributed by atoms with Crippen LogP contribution in [0.25, 0.3) is 0 Å². The Morgan fingerprint density at radius 2 is 1.97 bits per heavy atom. The maximum Gasteiger partial charge on any atom is 0.201 e. The molecule has 0 unspecified atom stereocenters. The first kappa shape index (κ1) is 20.6. The zero-order chi connectivity index (χ0) is 21.6. The topological polar surface area (TPSA) is 94.3 Å². The van der Waals surface area contributed by atoms with Gasteiger partial charge in [-0.15, -0.1) is 0 Å². The van der Waals surface area contributed by atoms with Crippen molar-refractivity contribution in [3.05, 3.63) is 47.7 Å². The molecule has 5 rings (SSSR count). The van der Waals surface area contributed by atoms with Gasteiger partial charge in [-0.1, -0.05) is 12.1 Å². The number of oxazole rings is 1. The molecule has 0 N–H and O–H groups in total. The third-order valence-electron chi connectivity index (χ3n) is 6.84. The molecule has 3 aliphatic carbocycles. The van der Waals surface area contributed by atoms with Crippen LogP contribution in [0.4, 0.5) is 0 Å². The van der Waals surface area contributed by atoms with Gasteiger partial charge in [0.1, 0.15) is 17.8 Å². The number of ketones is 2. The van der Waals surface area contributed by atoms with Gasteiger partial charge in [0, 0.05) is 18.8 Å². The van der Waals surface area contributed by atoms with E-state index in [4.69, 9.17) is 4.42 Å². The summed E-state index contributed by atoms with van der Waals surface area (Å²) in [6.45, 7) is 0. The van der Waals surface area contributed by atoms with E-state index in [1.807, 2.05) is 12.1 Å². The first-order valence-corrected chi connectivity index (χ1v) is 12.8. The van der Waals surface area contributed by atoms with E-state index < -0.39 is 15.8 Å². The molecule has 1 aromatic carbocycles. The second kappa shape index (κ2) is 8.01. The number of aromatic nitrogens is 1. The Balaban J connectivity index is 1.48. The van der Waals surface area contributed by atoms with E-state index in [2.05, 4.69) is 4.98 Å². The Morgan fingerprint density at radius 1 is 1.16 bits per heavy atom. The fourth-order valence-corrected chi connectivity index (χ4v) is 6.73. The third-order valence-corrected chi connectivity index (χ3v) is 9.17. The Morgan fingerprint density at radius 3 is 2.58 bits per heavy atom. The minimum atomic E-state index is -3.29. The molecule has 3 saturated carbocycles. The summed E-state index contributed by atoms with van der Waals surface area (Å²) in [5, 5.41) is -0.247. The lowest BCUT2D eigenvalue weighted by Gasteiger charge is -2.21. The minimum absolute atomic E-state index is 0.00125. The van der Waals surface area contributed by atoms with Crippen LogP contribution in [0, 0.1) is 5.92 Å². The van der Waals surface area contributed by atoms with Crippen LogP contribution in [0.2, 0.25) is 0 Å². The van der Waals surface area contributed by atoms with Gasteiger partial charge in [-0.05, 0) is 67.6 Å². The maximum absolute atomic E-state index is 13.3. The highest BCUT2D eigenvalue weighted by Crippen LogP contribution is 2.47. The van der Waals surface area contributed by atoms with Gasteiger partial charge >= 0.3 is 0 Å². The van der Waals surface area contributed by atoms with E-state index in [9.17, 15) is 18.0 Å². The van der Waals surface area contributed by atoms with E-state index >= 15 is 0 Å². The van der Waals surface area contributed by atoms with Crippen LogP contribution in [0.15, 0.2) is 40.0 Å². The monoisotopic (exact) mass is 441 g/mol.